The van der Waals surface area contributed by atoms with E-state index in [2.05, 4.69) is 4.98 Å². The Morgan fingerprint density at radius 3 is 2.77 bits per heavy atom. The molecule has 0 aromatic carbocycles. The average Bonchev–Trinajstić information content (AvgIpc) is 3.30. The number of carbonyl (C=O) groups is 1. The molecule has 0 N–H and O–H groups in total. The molecule has 118 valence electrons. The van der Waals surface area contributed by atoms with Gasteiger partial charge < -0.3 is 14.4 Å². The van der Waals surface area contributed by atoms with Crippen LogP contribution in [-0.4, -0.2) is 41.3 Å². The highest BCUT2D eigenvalue weighted by Gasteiger charge is 2.41. The fraction of sp³-hybridized carbons (Fsp3) is 0.625. The zero-order chi connectivity index (χ0) is 15.0. The number of hydrogen-bond donors (Lipinski definition) is 0. The molecule has 1 aromatic heterocycles. The second-order valence-electron chi connectivity index (χ2n) is 6.12. The zero-order valence-electron chi connectivity index (χ0n) is 12.5. The Labute approximate surface area is 133 Å². The molecule has 2 aliphatic heterocycles. The van der Waals surface area contributed by atoms with Crippen LogP contribution in [0.2, 0.25) is 0 Å². The number of hydrogen-bond acceptors (Lipinski definition) is 5. The topological polar surface area (TPSA) is 51.7 Å². The Bertz CT molecular complexity index is 582. The molecule has 1 amide bonds. The molecule has 2 fully saturated rings. The van der Waals surface area contributed by atoms with E-state index in [9.17, 15) is 4.79 Å². The Hall–Kier alpha value is -1.24. The first-order valence-corrected chi connectivity index (χ1v) is 8.79. The molecule has 1 saturated heterocycles. The third-order valence-corrected chi connectivity index (χ3v) is 5.88. The number of thiazole rings is 1. The summed E-state index contributed by atoms with van der Waals surface area (Å²) in [7, 11) is 0. The summed E-state index contributed by atoms with van der Waals surface area (Å²) in [5, 5.41) is 1.08. The van der Waals surface area contributed by atoms with Gasteiger partial charge in [0, 0.05) is 31.5 Å². The second kappa shape index (κ2) is 5.76. The third-order valence-electron chi connectivity index (χ3n) is 4.73. The van der Waals surface area contributed by atoms with Crippen molar-refractivity contribution >= 4 is 17.2 Å². The van der Waals surface area contributed by atoms with Crippen LogP contribution in [0.25, 0.3) is 0 Å². The van der Waals surface area contributed by atoms with Gasteiger partial charge in [-0.15, -0.1) is 11.3 Å². The van der Waals surface area contributed by atoms with Gasteiger partial charge in [0.2, 0.25) is 0 Å². The van der Waals surface area contributed by atoms with Crippen LogP contribution in [0.3, 0.4) is 0 Å². The van der Waals surface area contributed by atoms with Crippen molar-refractivity contribution in [3.63, 3.8) is 0 Å². The Kier molecular flexibility index (Phi) is 3.76. The van der Waals surface area contributed by atoms with E-state index in [4.69, 9.17) is 9.47 Å². The van der Waals surface area contributed by atoms with Crippen LogP contribution in [0, 0.1) is 0 Å². The van der Waals surface area contributed by atoms with Crippen LogP contribution >= 0.6 is 11.3 Å². The lowest BCUT2D eigenvalue weighted by molar-refractivity contribution is -0.178. The van der Waals surface area contributed by atoms with Gasteiger partial charge in [-0.25, -0.2) is 4.98 Å². The van der Waals surface area contributed by atoms with Crippen LogP contribution in [0.4, 0.5) is 0 Å². The minimum Gasteiger partial charge on any atom is -0.348 e. The van der Waals surface area contributed by atoms with Crippen LogP contribution < -0.4 is 0 Å². The van der Waals surface area contributed by atoms with Crippen molar-refractivity contribution in [1.29, 1.82) is 0 Å². The first-order valence-electron chi connectivity index (χ1n) is 7.97. The van der Waals surface area contributed by atoms with E-state index in [1.807, 2.05) is 12.3 Å². The molecule has 4 rings (SSSR count). The molecule has 3 heterocycles. The number of rotatable bonds is 2. The maximum Gasteiger partial charge on any atom is 0.269 e. The van der Waals surface area contributed by atoms with Crippen LogP contribution in [0.15, 0.2) is 18.5 Å². The summed E-state index contributed by atoms with van der Waals surface area (Å²) >= 11 is 1.55. The van der Waals surface area contributed by atoms with E-state index in [1.54, 1.807) is 22.4 Å². The molecule has 1 aliphatic carbocycles. The summed E-state index contributed by atoms with van der Waals surface area (Å²) in [6, 6.07) is 0. The van der Waals surface area contributed by atoms with E-state index in [0.29, 0.717) is 19.1 Å². The number of ether oxygens (including phenoxy) is 2. The fourth-order valence-corrected chi connectivity index (χ4v) is 4.51. The zero-order valence-corrected chi connectivity index (χ0v) is 13.3. The molecule has 1 spiro atoms. The molecular weight excluding hydrogens is 300 g/mol. The Morgan fingerprint density at radius 2 is 2.09 bits per heavy atom. The Balaban J connectivity index is 1.41. The molecule has 0 unspecified atom stereocenters. The Morgan fingerprint density at radius 1 is 1.32 bits per heavy atom. The van der Waals surface area contributed by atoms with Crippen molar-refractivity contribution in [3.8, 4) is 0 Å². The lowest BCUT2D eigenvalue weighted by atomic mass is 9.85. The van der Waals surface area contributed by atoms with Gasteiger partial charge in [-0.1, -0.05) is 6.08 Å². The SMILES string of the molecule is O=C(c1cnc(C2CCC3(CC2)OCCO3)s1)N1C=CCC1. The van der Waals surface area contributed by atoms with E-state index in [1.165, 1.54) is 0 Å². The van der Waals surface area contributed by atoms with E-state index in [-0.39, 0.29) is 11.7 Å². The fourth-order valence-electron chi connectivity index (χ4n) is 3.47. The molecular formula is C16H20N2O3S. The molecule has 1 saturated carbocycles. The predicted octanol–water partition coefficient (Wildman–Crippen LogP) is 2.90. The van der Waals surface area contributed by atoms with Crippen molar-refractivity contribution in [2.24, 2.45) is 0 Å². The van der Waals surface area contributed by atoms with Crippen LogP contribution in [-0.2, 0) is 9.47 Å². The monoisotopic (exact) mass is 320 g/mol. The summed E-state index contributed by atoms with van der Waals surface area (Å²) in [6.45, 7) is 2.21. The highest BCUT2D eigenvalue weighted by molar-refractivity contribution is 7.13. The molecule has 1 aromatic rings. The van der Waals surface area contributed by atoms with Gasteiger partial charge in [0.25, 0.3) is 5.91 Å². The average molecular weight is 320 g/mol. The highest BCUT2D eigenvalue weighted by atomic mass is 32.1. The van der Waals surface area contributed by atoms with Crippen LogP contribution in [0.5, 0.6) is 0 Å². The number of amides is 1. The lowest BCUT2D eigenvalue weighted by Gasteiger charge is -2.34. The standard InChI is InChI=1S/C16H20N2O3S/c19-15(18-7-1-2-8-18)13-11-17-14(22-13)12-3-5-16(6-4-12)20-9-10-21-16/h1,7,11-12H,2-6,8-10H2. The second-order valence-corrected chi connectivity index (χ2v) is 7.18. The van der Waals surface area contributed by atoms with Crippen molar-refractivity contribution < 1.29 is 14.3 Å². The van der Waals surface area contributed by atoms with Gasteiger partial charge in [0.1, 0.15) is 4.88 Å². The number of nitrogens with zero attached hydrogens (tertiary/aromatic N) is 2. The lowest BCUT2D eigenvalue weighted by Crippen LogP contribution is -2.34. The maximum atomic E-state index is 12.4. The van der Waals surface area contributed by atoms with Crippen molar-refractivity contribution in [3.05, 3.63) is 28.4 Å². The minimum absolute atomic E-state index is 0.0761. The first-order chi connectivity index (χ1) is 10.8. The third kappa shape index (κ3) is 2.59. The highest BCUT2D eigenvalue weighted by Crippen LogP contribution is 2.43. The van der Waals surface area contributed by atoms with Crippen LogP contribution in [0.1, 0.15) is 52.7 Å². The molecule has 0 bridgehead atoms. The molecule has 22 heavy (non-hydrogen) atoms. The maximum absolute atomic E-state index is 12.4. The quantitative estimate of drug-likeness (QED) is 0.841. The summed E-state index contributed by atoms with van der Waals surface area (Å²) in [5.41, 5.74) is 0. The first kappa shape index (κ1) is 14.4. The largest absolute Gasteiger partial charge is 0.348 e. The molecule has 0 atom stereocenters. The number of carbonyl (C=O) groups excluding carboxylic acids is 1. The summed E-state index contributed by atoms with van der Waals surface area (Å²) in [5.74, 6) is 0.179. The van der Waals surface area contributed by atoms with Crippen molar-refractivity contribution in [1.82, 2.24) is 9.88 Å². The van der Waals surface area contributed by atoms with Gasteiger partial charge in [-0.3, -0.25) is 4.79 Å². The van der Waals surface area contributed by atoms with Crippen molar-refractivity contribution in [2.45, 2.75) is 43.8 Å². The molecule has 3 aliphatic rings. The van der Waals surface area contributed by atoms with Gasteiger partial charge in [0.05, 0.1) is 24.4 Å². The van der Waals surface area contributed by atoms with Crippen molar-refractivity contribution in [2.75, 3.05) is 19.8 Å². The predicted molar refractivity (Wildman–Crippen MR) is 82.8 cm³/mol. The summed E-state index contributed by atoms with van der Waals surface area (Å²) in [6.07, 6.45) is 10.5. The minimum atomic E-state index is -0.327. The summed E-state index contributed by atoms with van der Waals surface area (Å²) in [4.78, 5) is 19.4. The van der Waals surface area contributed by atoms with Gasteiger partial charge in [-0.2, -0.15) is 0 Å². The smallest absolute Gasteiger partial charge is 0.269 e. The molecule has 6 heteroatoms. The number of aromatic nitrogens is 1. The van der Waals surface area contributed by atoms with E-state index >= 15 is 0 Å². The molecule has 0 radical (unpaired) electrons. The van der Waals surface area contributed by atoms with Gasteiger partial charge in [0.15, 0.2) is 5.79 Å². The van der Waals surface area contributed by atoms with Gasteiger partial charge >= 0.3 is 0 Å². The molecule has 5 nitrogen and oxygen atoms in total. The van der Waals surface area contributed by atoms with Gasteiger partial charge in [-0.05, 0) is 19.3 Å². The normalized spacial score (nSPS) is 24.5. The summed E-state index contributed by atoms with van der Waals surface area (Å²) < 4.78 is 11.5. The van der Waals surface area contributed by atoms with E-state index in [0.717, 1.165) is 48.5 Å². The van der Waals surface area contributed by atoms with E-state index < -0.39 is 0 Å².